The fourth-order valence-corrected chi connectivity index (χ4v) is 1.74. The highest BCUT2D eigenvalue weighted by atomic mass is 32.2. The number of ketones is 1. The molecule has 1 N–H and O–H groups in total. The van der Waals surface area contributed by atoms with E-state index in [9.17, 15) is 4.79 Å². The molecule has 0 atom stereocenters. The van der Waals surface area contributed by atoms with Crippen LogP contribution in [0.3, 0.4) is 0 Å². The normalized spacial score (nSPS) is 9.92. The summed E-state index contributed by atoms with van der Waals surface area (Å²) in [4.78, 5) is 10.5. The first-order valence-electron chi connectivity index (χ1n) is 3.82. The van der Waals surface area contributed by atoms with Gasteiger partial charge in [-0.3, -0.25) is 4.79 Å². The van der Waals surface area contributed by atoms with Gasteiger partial charge in [0.15, 0.2) is 0 Å². The summed E-state index contributed by atoms with van der Waals surface area (Å²) in [7, 11) is 0. The van der Waals surface area contributed by atoms with E-state index in [1.54, 1.807) is 18.7 Å². The smallest absolute Gasteiger partial charge is 0.278 e. The molecule has 2 heteroatoms. The van der Waals surface area contributed by atoms with Gasteiger partial charge in [-0.15, -0.1) is 11.8 Å². The molecular formula is C10H13OS+. The average Bonchev–Trinajstić information content (AvgIpc) is 2.04. The van der Waals surface area contributed by atoms with Crippen LogP contribution in [0.4, 0.5) is 0 Å². The maximum atomic E-state index is 9.36. The third-order valence-corrected chi connectivity index (χ3v) is 2.54. The van der Waals surface area contributed by atoms with Crippen molar-refractivity contribution in [3.8, 4) is 0 Å². The van der Waals surface area contributed by atoms with E-state index >= 15 is 0 Å². The van der Waals surface area contributed by atoms with Crippen molar-refractivity contribution in [3.63, 3.8) is 0 Å². The van der Waals surface area contributed by atoms with Crippen LogP contribution < -0.4 is 0 Å². The molecule has 0 bridgehead atoms. The Balaban J connectivity index is 3.21. The first kappa shape index (κ1) is 9.33. The molecule has 0 aliphatic heterocycles. The Morgan fingerprint density at radius 1 is 1.42 bits per heavy atom. The standard InChI is InChI=1S/C10H12OS/c1-7-4-5-10(12-3)9(6-7)8(2)11/h4-6H,1-3H3/p+1. The van der Waals surface area contributed by atoms with Crippen molar-refractivity contribution in [1.29, 1.82) is 0 Å². The molecule has 0 aliphatic carbocycles. The van der Waals surface area contributed by atoms with Crippen molar-refractivity contribution >= 4 is 17.5 Å². The fraction of sp³-hybridized carbons (Fsp3) is 0.300. The minimum Gasteiger partial charge on any atom is -0.278 e. The van der Waals surface area contributed by atoms with E-state index in [1.165, 1.54) is 5.56 Å². The molecule has 1 aromatic carbocycles. The van der Waals surface area contributed by atoms with Gasteiger partial charge < -0.3 is 0 Å². The highest BCUT2D eigenvalue weighted by Gasteiger charge is 2.10. The second-order valence-electron chi connectivity index (χ2n) is 2.79. The van der Waals surface area contributed by atoms with Crippen LogP contribution in [0.2, 0.25) is 0 Å². The molecule has 64 valence electrons. The van der Waals surface area contributed by atoms with Gasteiger partial charge in [-0.05, 0) is 25.3 Å². The van der Waals surface area contributed by atoms with Crippen LogP contribution in [0.1, 0.15) is 18.1 Å². The van der Waals surface area contributed by atoms with Crippen molar-refractivity contribution in [1.82, 2.24) is 0 Å². The Morgan fingerprint density at radius 2 is 2.08 bits per heavy atom. The van der Waals surface area contributed by atoms with Gasteiger partial charge in [-0.2, -0.15) is 0 Å². The molecule has 0 heterocycles. The van der Waals surface area contributed by atoms with Crippen molar-refractivity contribution in [2.24, 2.45) is 0 Å². The van der Waals surface area contributed by atoms with Crippen molar-refractivity contribution in [2.45, 2.75) is 18.7 Å². The molecular weight excluding hydrogens is 168 g/mol. The number of aryl methyl sites for hydroxylation is 1. The van der Waals surface area contributed by atoms with E-state index in [4.69, 9.17) is 0 Å². The maximum Gasteiger partial charge on any atom is 0.321 e. The first-order valence-corrected chi connectivity index (χ1v) is 5.05. The van der Waals surface area contributed by atoms with Crippen LogP contribution in [0.15, 0.2) is 23.1 Å². The van der Waals surface area contributed by atoms with E-state index in [0.29, 0.717) is 5.78 Å². The van der Waals surface area contributed by atoms with Crippen molar-refractivity contribution in [2.75, 3.05) is 6.26 Å². The van der Waals surface area contributed by atoms with Crippen LogP contribution in [0, 0.1) is 6.92 Å². The van der Waals surface area contributed by atoms with E-state index in [-0.39, 0.29) is 0 Å². The van der Waals surface area contributed by atoms with E-state index in [0.717, 1.165) is 10.5 Å². The average molecular weight is 181 g/mol. The molecule has 0 radical (unpaired) electrons. The van der Waals surface area contributed by atoms with Gasteiger partial charge in [0.2, 0.25) is 0 Å². The summed E-state index contributed by atoms with van der Waals surface area (Å²) >= 11 is 1.65. The number of thioether (sulfide) groups is 1. The van der Waals surface area contributed by atoms with Gasteiger partial charge in [0.05, 0.1) is 12.5 Å². The maximum absolute atomic E-state index is 9.36. The quantitative estimate of drug-likeness (QED) is 0.390. The molecule has 0 aliphatic rings. The Hall–Kier alpha value is -0.760. The van der Waals surface area contributed by atoms with Crippen molar-refractivity contribution in [3.05, 3.63) is 29.3 Å². The van der Waals surface area contributed by atoms with Gasteiger partial charge in [-0.25, -0.2) is 0 Å². The molecule has 0 aromatic heterocycles. The summed E-state index contributed by atoms with van der Waals surface area (Å²) < 4.78 is 0. The summed E-state index contributed by atoms with van der Waals surface area (Å²) in [5, 5.41) is 0. The molecule has 0 saturated heterocycles. The predicted octanol–water partition coefficient (Wildman–Crippen LogP) is 2.63. The Bertz CT molecular complexity index is 305. The van der Waals surface area contributed by atoms with E-state index in [2.05, 4.69) is 6.07 Å². The van der Waals surface area contributed by atoms with Crippen LogP contribution >= 0.6 is 11.8 Å². The van der Waals surface area contributed by atoms with Gasteiger partial charge >= 0.3 is 5.78 Å². The molecule has 1 aromatic rings. The molecule has 0 amide bonds. The first-order chi connectivity index (χ1) is 5.65. The predicted molar refractivity (Wildman–Crippen MR) is 54.7 cm³/mol. The second kappa shape index (κ2) is 3.76. The van der Waals surface area contributed by atoms with E-state index < -0.39 is 0 Å². The number of rotatable bonds is 2. The summed E-state index contributed by atoms with van der Waals surface area (Å²) in [6.45, 7) is 3.74. The zero-order valence-electron chi connectivity index (χ0n) is 7.59. The second-order valence-corrected chi connectivity index (χ2v) is 3.64. The molecule has 1 nitrogen and oxygen atoms in total. The molecule has 0 unspecified atom stereocenters. The van der Waals surface area contributed by atoms with Crippen molar-refractivity contribution < 1.29 is 4.79 Å². The molecule has 0 fully saturated rings. The summed E-state index contributed by atoms with van der Waals surface area (Å²) in [6.07, 6.45) is 2.01. The van der Waals surface area contributed by atoms with Gasteiger partial charge in [0.1, 0.15) is 0 Å². The third kappa shape index (κ3) is 1.89. The number of carbonyl (C=O) groups excluding carboxylic acids is 1. The topological polar surface area (TPSA) is 21.4 Å². The Labute approximate surface area is 77.2 Å². The zero-order valence-corrected chi connectivity index (χ0v) is 8.40. The Kier molecular flexibility index (Phi) is 2.93. The summed E-state index contributed by atoms with van der Waals surface area (Å²) in [5.41, 5.74) is 2.12. The summed E-state index contributed by atoms with van der Waals surface area (Å²) in [6, 6.07) is 6.09. The molecule has 12 heavy (non-hydrogen) atoms. The number of benzene rings is 1. The summed E-state index contributed by atoms with van der Waals surface area (Å²) in [5.74, 6) is 0.392. The largest absolute Gasteiger partial charge is 0.321 e. The number of hydrogen-bond donors (Lipinski definition) is 0. The van der Waals surface area contributed by atoms with Gasteiger partial charge in [-0.1, -0.05) is 11.6 Å². The lowest BCUT2D eigenvalue weighted by Gasteiger charge is -2.01. The molecule has 0 saturated carbocycles. The third-order valence-electron chi connectivity index (χ3n) is 1.74. The van der Waals surface area contributed by atoms with Gasteiger partial charge in [0, 0.05) is 4.90 Å². The lowest BCUT2D eigenvalue weighted by Crippen LogP contribution is -1.96. The monoisotopic (exact) mass is 181 g/mol. The highest BCUT2D eigenvalue weighted by Crippen LogP contribution is 2.21. The van der Waals surface area contributed by atoms with Crippen LogP contribution in [0.25, 0.3) is 0 Å². The lowest BCUT2D eigenvalue weighted by molar-refractivity contribution is 0.673. The van der Waals surface area contributed by atoms with Crippen LogP contribution in [-0.2, 0) is 0 Å². The van der Waals surface area contributed by atoms with Gasteiger partial charge in [0.25, 0.3) is 0 Å². The highest BCUT2D eigenvalue weighted by molar-refractivity contribution is 7.98. The van der Waals surface area contributed by atoms with Crippen LogP contribution in [-0.4, -0.2) is 16.8 Å². The molecule has 0 spiro atoms. The zero-order chi connectivity index (χ0) is 9.14. The SMILES string of the molecule is CSc1ccc(C)cc1C(C)=[OH+]. The lowest BCUT2D eigenvalue weighted by atomic mass is 10.1. The minimum absolute atomic E-state index is 0.392. The fourth-order valence-electron chi connectivity index (χ4n) is 1.10. The Morgan fingerprint density at radius 3 is 2.58 bits per heavy atom. The number of hydrogen-bond acceptors (Lipinski definition) is 1. The van der Waals surface area contributed by atoms with Crippen LogP contribution in [0.5, 0.6) is 0 Å². The molecule has 1 rings (SSSR count). The minimum atomic E-state index is 0.392. The van der Waals surface area contributed by atoms with E-state index in [1.807, 2.05) is 25.3 Å².